The third-order valence-corrected chi connectivity index (χ3v) is 1.59. The van der Waals surface area contributed by atoms with Gasteiger partial charge in [0, 0.05) is 0 Å². The lowest BCUT2D eigenvalue weighted by Crippen LogP contribution is -1.96. The standard InChI is InChI=1S/C9H7ClFN3/c10-9(5-11)14-13-8-3-1-2-7(4-8)6-12/h1-4,13H,5H2. The fraction of sp³-hybridized carbons (Fsp3) is 0.111. The molecular weight excluding hydrogens is 205 g/mol. The Labute approximate surface area is 85.8 Å². The van der Waals surface area contributed by atoms with E-state index in [1.165, 1.54) is 0 Å². The van der Waals surface area contributed by atoms with Gasteiger partial charge in [-0.1, -0.05) is 17.7 Å². The van der Waals surface area contributed by atoms with Gasteiger partial charge in [0.05, 0.1) is 17.3 Å². The molecule has 0 spiro atoms. The van der Waals surface area contributed by atoms with Crippen LogP contribution in [0, 0.1) is 11.3 Å². The van der Waals surface area contributed by atoms with E-state index in [2.05, 4.69) is 10.5 Å². The number of hydrazone groups is 1. The Hall–Kier alpha value is -1.60. The van der Waals surface area contributed by atoms with Crippen LogP contribution >= 0.6 is 11.6 Å². The molecule has 0 aliphatic rings. The van der Waals surface area contributed by atoms with Gasteiger partial charge in [-0.15, -0.1) is 0 Å². The Kier molecular flexibility index (Phi) is 3.89. The van der Waals surface area contributed by atoms with E-state index in [1.807, 2.05) is 6.07 Å². The number of nitrogens with zero attached hydrogens (tertiary/aromatic N) is 2. The lowest BCUT2D eigenvalue weighted by Gasteiger charge is -1.99. The van der Waals surface area contributed by atoms with Crippen molar-refractivity contribution in [3.05, 3.63) is 29.8 Å². The number of benzene rings is 1. The molecule has 0 atom stereocenters. The average Bonchev–Trinajstić information content (AvgIpc) is 2.26. The van der Waals surface area contributed by atoms with Gasteiger partial charge in [0.2, 0.25) is 0 Å². The van der Waals surface area contributed by atoms with Crippen LogP contribution in [0.4, 0.5) is 10.1 Å². The van der Waals surface area contributed by atoms with E-state index in [0.29, 0.717) is 11.3 Å². The molecule has 1 rings (SSSR count). The molecule has 3 nitrogen and oxygen atoms in total. The second kappa shape index (κ2) is 5.20. The number of halogens is 2. The summed E-state index contributed by atoms with van der Waals surface area (Å²) in [5.74, 6) is 0. The maximum Gasteiger partial charge on any atom is 0.157 e. The first-order chi connectivity index (χ1) is 6.76. The summed E-state index contributed by atoms with van der Waals surface area (Å²) in [7, 11) is 0. The van der Waals surface area contributed by atoms with Crippen LogP contribution in [-0.4, -0.2) is 11.8 Å². The van der Waals surface area contributed by atoms with E-state index >= 15 is 0 Å². The molecular formula is C9H7ClFN3. The summed E-state index contributed by atoms with van der Waals surface area (Å²) < 4.78 is 11.9. The Bertz CT molecular complexity index is 384. The van der Waals surface area contributed by atoms with E-state index in [9.17, 15) is 4.39 Å². The summed E-state index contributed by atoms with van der Waals surface area (Å²) in [6.07, 6.45) is 0. The SMILES string of the molecule is N#Cc1cccc(NN=C(Cl)CF)c1. The van der Waals surface area contributed by atoms with Crippen LogP contribution in [0.3, 0.4) is 0 Å². The number of nitrogens with one attached hydrogen (secondary N) is 1. The number of anilines is 1. The van der Waals surface area contributed by atoms with Crippen molar-refractivity contribution in [2.45, 2.75) is 0 Å². The van der Waals surface area contributed by atoms with Gasteiger partial charge >= 0.3 is 0 Å². The Morgan fingerprint density at radius 3 is 3.07 bits per heavy atom. The first-order valence-electron chi connectivity index (χ1n) is 3.80. The van der Waals surface area contributed by atoms with E-state index in [4.69, 9.17) is 16.9 Å². The molecule has 0 aliphatic heterocycles. The van der Waals surface area contributed by atoms with Crippen molar-refractivity contribution in [3.63, 3.8) is 0 Å². The highest BCUT2D eigenvalue weighted by Crippen LogP contribution is 2.09. The molecule has 14 heavy (non-hydrogen) atoms. The number of hydrogen-bond acceptors (Lipinski definition) is 3. The van der Waals surface area contributed by atoms with Crippen LogP contribution in [0.1, 0.15) is 5.56 Å². The summed E-state index contributed by atoms with van der Waals surface area (Å²) in [6, 6.07) is 8.62. The van der Waals surface area contributed by atoms with Crippen molar-refractivity contribution in [2.24, 2.45) is 5.10 Å². The summed E-state index contributed by atoms with van der Waals surface area (Å²) in [4.78, 5) is 0. The molecule has 5 heteroatoms. The normalized spacial score (nSPS) is 10.8. The van der Waals surface area contributed by atoms with Crippen molar-refractivity contribution < 1.29 is 4.39 Å². The van der Waals surface area contributed by atoms with Crippen molar-refractivity contribution in [3.8, 4) is 6.07 Å². The molecule has 1 aromatic rings. The first kappa shape index (κ1) is 10.5. The monoisotopic (exact) mass is 211 g/mol. The largest absolute Gasteiger partial charge is 0.277 e. The highest BCUT2D eigenvalue weighted by Gasteiger charge is 1.94. The Morgan fingerprint density at radius 2 is 2.43 bits per heavy atom. The van der Waals surface area contributed by atoms with Crippen LogP contribution in [0.5, 0.6) is 0 Å². The minimum atomic E-state index is -0.813. The van der Waals surface area contributed by atoms with Gasteiger partial charge < -0.3 is 0 Å². The van der Waals surface area contributed by atoms with Crippen LogP contribution in [0.15, 0.2) is 29.4 Å². The molecule has 0 heterocycles. The minimum absolute atomic E-state index is 0.160. The average molecular weight is 212 g/mol. The molecule has 0 aromatic heterocycles. The van der Waals surface area contributed by atoms with Crippen LogP contribution in [0.25, 0.3) is 0 Å². The number of nitriles is 1. The minimum Gasteiger partial charge on any atom is -0.277 e. The van der Waals surface area contributed by atoms with Crippen molar-refractivity contribution in [1.29, 1.82) is 5.26 Å². The second-order valence-corrected chi connectivity index (χ2v) is 2.86. The maximum absolute atomic E-state index is 11.9. The molecule has 0 radical (unpaired) electrons. The number of hydrogen-bond donors (Lipinski definition) is 1. The second-order valence-electron chi connectivity index (χ2n) is 2.43. The molecule has 0 unspecified atom stereocenters. The highest BCUT2D eigenvalue weighted by molar-refractivity contribution is 6.65. The highest BCUT2D eigenvalue weighted by atomic mass is 35.5. The van der Waals surface area contributed by atoms with Gasteiger partial charge in [-0.25, -0.2) is 4.39 Å². The van der Waals surface area contributed by atoms with Crippen molar-refractivity contribution in [2.75, 3.05) is 12.1 Å². The van der Waals surface area contributed by atoms with Crippen LogP contribution < -0.4 is 5.43 Å². The molecule has 72 valence electrons. The topological polar surface area (TPSA) is 48.2 Å². The van der Waals surface area contributed by atoms with Gasteiger partial charge in [0.1, 0.15) is 6.67 Å². The fourth-order valence-electron chi connectivity index (χ4n) is 0.813. The third kappa shape index (κ3) is 3.04. The molecule has 0 aliphatic carbocycles. The molecule has 0 saturated heterocycles. The zero-order valence-corrected chi connectivity index (χ0v) is 7.92. The predicted octanol–water partition coefficient (Wildman–Crippen LogP) is 2.49. The molecule has 0 saturated carbocycles. The number of alkyl halides is 1. The van der Waals surface area contributed by atoms with Gasteiger partial charge in [-0.3, -0.25) is 5.43 Å². The third-order valence-electron chi connectivity index (χ3n) is 1.41. The van der Waals surface area contributed by atoms with E-state index in [-0.39, 0.29) is 5.17 Å². The van der Waals surface area contributed by atoms with Crippen molar-refractivity contribution >= 4 is 22.5 Å². The molecule has 0 fully saturated rings. The molecule has 0 amide bonds. The zero-order valence-electron chi connectivity index (χ0n) is 7.17. The summed E-state index contributed by atoms with van der Waals surface area (Å²) in [5, 5.41) is 12.0. The van der Waals surface area contributed by atoms with Crippen LogP contribution in [0.2, 0.25) is 0 Å². The lowest BCUT2D eigenvalue weighted by atomic mass is 10.2. The van der Waals surface area contributed by atoms with Gasteiger partial charge in [-0.2, -0.15) is 10.4 Å². The van der Waals surface area contributed by atoms with Gasteiger partial charge in [0.15, 0.2) is 5.17 Å². The quantitative estimate of drug-likeness (QED) is 0.617. The summed E-state index contributed by atoms with van der Waals surface area (Å²) in [5.41, 5.74) is 3.63. The molecule has 1 N–H and O–H groups in total. The zero-order chi connectivity index (χ0) is 10.4. The molecule has 0 bridgehead atoms. The fourth-order valence-corrected chi connectivity index (χ4v) is 0.856. The van der Waals surface area contributed by atoms with Gasteiger partial charge in [0.25, 0.3) is 0 Å². The number of rotatable bonds is 3. The summed E-state index contributed by atoms with van der Waals surface area (Å²) >= 11 is 5.34. The van der Waals surface area contributed by atoms with E-state index in [0.717, 1.165) is 0 Å². The Morgan fingerprint density at radius 1 is 1.64 bits per heavy atom. The predicted molar refractivity (Wildman–Crippen MR) is 54.0 cm³/mol. The van der Waals surface area contributed by atoms with Crippen LogP contribution in [-0.2, 0) is 0 Å². The van der Waals surface area contributed by atoms with E-state index in [1.54, 1.807) is 24.3 Å². The van der Waals surface area contributed by atoms with Crippen molar-refractivity contribution in [1.82, 2.24) is 0 Å². The lowest BCUT2D eigenvalue weighted by molar-refractivity contribution is 0.585. The maximum atomic E-state index is 11.9. The van der Waals surface area contributed by atoms with Gasteiger partial charge in [-0.05, 0) is 18.2 Å². The van der Waals surface area contributed by atoms with E-state index < -0.39 is 6.67 Å². The Balaban J connectivity index is 2.73. The molecule has 1 aromatic carbocycles. The summed E-state index contributed by atoms with van der Waals surface area (Å²) in [6.45, 7) is -0.813. The first-order valence-corrected chi connectivity index (χ1v) is 4.18. The smallest absolute Gasteiger partial charge is 0.157 e.